The third-order valence-corrected chi connectivity index (χ3v) is 5.89. The van der Waals surface area contributed by atoms with Crippen LogP contribution in [0.4, 0.5) is 4.39 Å². The highest BCUT2D eigenvalue weighted by Crippen LogP contribution is 2.13. The van der Waals surface area contributed by atoms with E-state index in [1.54, 1.807) is 25.2 Å². The number of carbonyl (C=O) groups is 1. The number of hydrogen-bond donors (Lipinski definition) is 0. The predicted molar refractivity (Wildman–Crippen MR) is 131 cm³/mol. The summed E-state index contributed by atoms with van der Waals surface area (Å²) in [7, 11) is 1.56. The molecule has 0 fully saturated rings. The number of benzene rings is 3. The molecular formula is C27H25FN4O3. The first-order chi connectivity index (χ1) is 16.8. The average Bonchev–Trinajstić information content (AvgIpc) is 2.85. The van der Waals surface area contributed by atoms with Crippen molar-refractivity contribution < 1.29 is 9.18 Å². The molecule has 0 spiro atoms. The van der Waals surface area contributed by atoms with Gasteiger partial charge in [-0.3, -0.25) is 14.2 Å². The maximum Gasteiger partial charge on any atom is 0.352 e. The maximum absolute atomic E-state index is 14.4. The molecule has 1 aromatic heterocycles. The van der Waals surface area contributed by atoms with E-state index in [0.717, 1.165) is 25.9 Å². The van der Waals surface area contributed by atoms with Crippen molar-refractivity contribution in [2.24, 2.45) is 0 Å². The second kappa shape index (κ2) is 9.89. The molecule has 1 heterocycles. The van der Waals surface area contributed by atoms with Gasteiger partial charge in [-0.25, -0.2) is 9.18 Å². The topological polar surface area (TPSA) is 77.2 Å². The Balaban J connectivity index is 1.86. The van der Waals surface area contributed by atoms with Gasteiger partial charge in [-0.1, -0.05) is 54.6 Å². The lowest BCUT2D eigenvalue weighted by Gasteiger charge is -2.18. The van der Waals surface area contributed by atoms with E-state index in [2.05, 4.69) is 5.10 Å². The predicted octanol–water partition coefficient (Wildman–Crippen LogP) is 3.47. The van der Waals surface area contributed by atoms with Crippen LogP contribution in [-0.2, 0) is 13.1 Å². The first-order valence-corrected chi connectivity index (χ1v) is 11.1. The second-order valence-electron chi connectivity index (χ2n) is 8.44. The van der Waals surface area contributed by atoms with Crippen LogP contribution < -0.4 is 11.2 Å². The van der Waals surface area contributed by atoms with Gasteiger partial charge in [0.15, 0.2) is 0 Å². The first kappa shape index (κ1) is 23.8. The SMILES string of the molecule is Cc1ccc(-n2nc(C(=O)N(C)Cc3ccccc3)c(=O)n(Cc3ccccc3F)c2=O)cc1C. The molecule has 0 saturated heterocycles. The molecule has 4 rings (SSSR count). The van der Waals surface area contributed by atoms with Crippen molar-refractivity contribution in [1.29, 1.82) is 0 Å². The highest BCUT2D eigenvalue weighted by Gasteiger charge is 2.24. The van der Waals surface area contributed by atoms with E-state index in [9.17, 15) is 18.8 Å². The third kappa shape index (κ3) is 4.96. The Morgan fingerprint density at radius 3 is 2.31 bits per heavy atom. The lowest BCUT2D eigenvalue weighted by molar-refractivity contribution is 0.0773. The number of carbonyl (C=O) groups excluding carboxylic acids is 1. The molecule has 35 heavy (non-hydrogen) atoms. The van der Waals surface area contributed by atoms with Crippen molar-refractivity contribution in [3.05, 3.63) is 127 Å². The van der Waals surface area contributed by atoms with Crippen molar-refractivity contribution in [3.8, 4) is 5.69 Å². The molecule has 0 aliphatic heterocycles. The van der Waals surface area contributed by atoms with Crippen LogP contribution in [0.5, 0.6) is 0 Å². The molecule has 0 atom stereocenters. The molecule has 0 unspecified atom stereocenters. The molecule has 0 N–H and O–H groups in total. The number of nitrogens with zero attached hydrogens (tertiary/aromatic N) is 4. The molecule has 178 valence electrons. The molecule has 3 aromatic carbocycles. The van der Waals surface area contributed by atoms with E-state index in [0.29, 0.717) is 5.69 Å². The molecular weight excluding hydrogens is 447 g/mol. The van der Waals surface area contributed by atoms with Crippen molar-refractivity contribution in [3.63, 3.8) is 0 Å². The summed E-state index contributed by atoms with van der Waals surface area (Å²) in [5.74, 6) is -1.19. The van der Waals surface area contributed by atoms with Gasteiger partial charge in [-0.15, -0.1) is 0 Å². The second-order valence-corrected chi connectivity index (χ2v) is 8.44. The Labute approximate surface area is 201 Å². The number of halogens is 1. The van der Waals surface area contributed by atoms with Gasteiger partial charge in [-0.2, -0.15) is 9.78 Å². The van der Waals surface area contributed by atoms with Crippen LogP contribution in [0.25, 0.3) is 5.69 Å². The van der Waals surface area contributed by atoms with Gasteiger partial charge in [0.05, 0.1) is 12.2 Å². The number of hydrogen-bond acceptors (Lipinski definition) is 4. The lowest BCUT2D eigenvalue weighted by atomic mass is 10.1. The Morgan fingerprint density at radius 1 is 0.943 bits per heavy atom. The molecule has 7 nitrogen and oxygen atoms in total. The summed E-state index contributed by atoms with van der Waals surface area (Å²) in [5, 5.41) is 4.19. The highest BCUT2D eigenvalue weighted by molar-refractivity contribution is 5.91. The van der Waals surface area contributed by atoms with Gasteiger partial charge in [0.25, 0.3) is 11.5 Å². The molecule has 0 aliphatic carbocycles. The normalized spacial score (nSPS) is 10.9. The van der Waals surface area contributed by atoms with Crippen LogP contribution in [0.3, 0.4) is 0 Å². The van der Waals surface area contributed by atoms with Crippen molar-refractivity contribution in [1.82, 2.24) is 19.2 Å². The minimum atomic E-state index is -0.872. The number of aryl methyl sites for hydroxylation is 2. The smallest absolute Gasteiger partial charge is 0.336 e. The molecule has 0 aliphatic rings. The fourth-order valence-electron chi connectivity index (χ4n) is 3.72. The summed E-state index contributed by atoms with van der Waals surface area (Å²) in [4.78, 5) is 41.4. The summed E-state index contributed by atoms with van der Waals surface area (Å²) in [6.07, 6.45) is 0. The maximum atomic E-state index is 14.4. The van der Waals surface area contributed by atoms with E-state index in [-0.39, 0.29) is 18.7 Å². The Bertz CT molecular complexity index is 1510. The quantitative estimate of drug-likeness (QED) is 0.431. The average molecular weight is 473 g/mol. The molecule has 0 saturated carbocycles. The summed E-state index contributed by atoms with van der Waals surface area (Å²) >= 11 is 0. The third-order valence-electron chi connectivity index (χ3n) is 5.89. The summed E-state index contributed by atoms with van der Waals surface area (Å²) < 4.78 is 16.3. The summed E-state index contributed by atoms with van der Waals surface area (Å²) in [5.41, 5.74) is 1.31. The van der Waals surface area contributed by atoms with Crippen LogP contribution >= 0.6 is 0 Å². The zero-order valence-electron chi connectivity index (χ0n) is 19.7. The fourth-order valence-corrected chi connectivity index (χ4v) is 3.72. The highest BCUT2D eigenvalue weighted by atomic mass is 19.1. The molecule has 1 amide bonds. The van der Waals surface area contributed by atoms with Crippen LogP contribution in [0.2, 0.25) is 0 Å². The molecule has 0 radical (unpaired) electrons. The summed E-state index contributed by atoms with van der Waals surface area (Å²) in [6.45, 7) is 3.73. The van der Waals surface area contributed by atoms with Gasteiger partial charge in [0.1, 0.15) is 5.82 Å². The monoisotopic (exact) mass is 472 g/mol. The minimum absolute atomic E-state index is 0.153. The molecule has 8 heteroatoms. The molecule has 0 bridgehead atoms. The minimum Gasteiger partial charge on any atom is -0.336 e. The first-order valence-electron chi connectivity index (χ1n) is 11.1. The van der Waals surface area contributed by atoms with Gasteiger partial charge in [-0.05, 0) is 48.7 Å². The number of rotatable bonds is 6. The number of aromatic nitrogens is 3. The van der Waals surface area contributed by atoms with E-state index in [4.69, 9.17) is 0 Å². The lowest BCUT2D eigenvalue weighted by Crippen LogP contribution is -2.46. The largest absolute Gasteiger partial charge is 0.352 e. The van der Waals surface area contributed by atoms with Crippen molar-refractivity contribution in [2.75, 3.05) is 7.05 Å². The molecule has 4 aromatic rings. The Hall–Kier alpha value is -4.33. The summed E-state index contributed by atoms with van der Waals surface area (Å²) in [6, 6.07) is 20.5. The van der Waals surface area contributed by atoms with Gasteiger partial charge in [0, 0.05) is 19.2 Å². The van der Waals surface area contributed by atoms with E-state index in [1.807, 2.05) is 50.2 Å². The van der Waals surface area contributed by atoms with E-state index >= 15 is 0 Å². The van der Waals surface area contributed by atoms with Crippen LogP contribution in [0, 0.1) is 19.7 Å². The van der Waals surface area contributed by atoms with Gasteiger partial charge in [0.2, 0.25) is 5.69 Å². The van der Waals surface area contributed by atoms with Crippen LogP contribution in [0.15, 0.2) is 82.4 Å². The van der Waals surface area contributed by atoms with Gasteiger partial charge >= 0.3 is 5.69 Å². The standard InChI is InChI=1S/C27H25FN4O3/c1-18-13-14-22(15-19(18)2)32-27(35)31(17-21-11-7-8-12-23(21)28)26(34)24(29-32)25(33)30(3)16-20-9-5-4-6-10-20/h4-15H,16-17H2,1-3H3. The fraction of sp³-hybridized carbons (Fsp3) is 0.185. The van der Waals surface area contributed by atoms with E-state index in [1.165, 1.54) is 23.1 Å². The van der Waals surface area contributed by atoms with Crippen LogP contribution in [-0.4, -0.2) is 32.2 Å². The van der Waals surface area contributed by atoms with Crippen molar-refractivity contribution >= 4 is 5.91 Å². The van der Waals surface area contributed by atoms with Crippen molar-refractivity contribution in [2.45, 2.75) is 26.9 Å². The zero-order valence-corrected chi connectivity index (χ0v) is 19.7. The Kier molecular flexibility index (Phi) is 6.73. The van der Waals surface area contributed by atoms with Crippen LogP contribution in [0.1, 0.15) is 32.7 Å². The van der Waals surface area contributed by atoms with E-state index < -0.39 is 28.7 Å². The van der Waals surface area contributed by atoms with Gasteiger partial charge < -0.3 is 4.90 Å². The zero-order chi connectivity index (χ0) is 25.1. The number of amides is 1. The Morgan fingerprint density at radius 2 is 1.63 bits per heavy atom.